The third-order valence-corrected chi connectivity index (χ3v) is 4.72. The molecular weight excluding hydrogens is 385 g/mol. The van der Waals surface area contributed by atoms with Crippen LogP contribution in [-0.2, 0) is 0 Å². The minimum atomic E-state index is 0. The summed E-state index contributed by atoms with van der Waals surface area (Å²) in [5.74, 6) is 2.66. The van der Waals surface area contributed by atoms with Crippen LogP contribution in [0.3, 0.4) is 0 Å². The van der Waals surface area contributed by atoms with Crippen molar-refractivity contribution in [2.24, 2.45) is 10.9 Å². The normalized spacial score (nSPS) is 25.5. The highest BCUT2D eigenvalue weighted by molar-refractivity contribution is 14.0. The van der Waals surface area contributed by atoms with Gasteiger partial charge in [0.05, 0.1) is 0 Å². The predicted octanol–water partition coefficient (Wildman–Crippen LogP) is 3.86. The molecule has 2 aliphatic rings. The number of nitrogens with zero attached hydrogens (tertiary/aromatic N) is 2. The van der Waals surface area contributed by atoms with E-state index in [1.165, 1.54) is 24.8 Å². The Hall–Kier alpha value is -0.780. The maximum Gasteiger partial charge on any atom is 0.194 e. The smallest absolute Gasteiger partial charge is 0.194 e. The maximum atomic E-state index is 4.71. The van der Waals surface area contributed by atoms with E-state index in [1.807, 2.05) is 0 Å². The lowest BCUT2D eigenvalue weighted by Gasteiger charge is -2.33. The first-order valence-electron chi connectivity index (χ1n) is 8.38. The number of hydrogen-bond acceptors (Lipinski definition) is 1. The Labute approximate surface area is 151 Å². The average Bonchev–Trinajstić information content (AvgIpc) is 3.28. The molecule has 0 radical (unpaired) electrons. The molecule has 1 aliphatic heterocycles. The summed E-state index contributed by atoms with van der Waals surface area (Å²) in [7, 11) is 0. The predicted molar refractivity (Wildman–Crippen MR) is 104 cm³/mol. The molecule has 122 valence electrons. The molecule has 1 N–H and O–H groups in total. The number of halogens is 1. The lowest BCUT2D eigenvalue weighted by atomic mass is 9.99. The number of likely N-dealkylation sites (tertiary alicyclic amines) is 1. The van der Waals surface area contributed by atoms with Crippen LogP contribution in [-0.4, -0.2) is 36.5 Å². The summed E-state index contributed by atoms with van der Waals surface area (Å²) in [6.45, 7) is 7.63. The van der Waals surface area contributed by atoms with Gasteiger partial charge >= 0.3 is 0 Å². The maximum absolute atomic E-state index is 4.71. The third-order valence-electron chi connectivity index (χ3n) is 4.72. The van der Waals surface area contributed by atoms with Crippen molar-refractivity contribution < 1.29 is 0 Å². The molecule has 2 atom stereocenters. The highest BCUT2D eigenvalue weighted by atomic mass is 127. The third kappa shape index (κ3) is 4.37. The van der Waals surface area contributed by atoms with Gasteiger partial charge in [0.2, 0.25) is 0 Å². The van der Waals surface area contributed by atoms with Crippen molar-refractivity contribution in [3.05, 3.63) is 35.9 Å². The SMILES string of the molecule is CCN=C(NC1CC1c1ccccc1)N1CCC(C)CC1.I. The van der Waals surface area contributed by atoms with E-state index in [0.29, 0.717) is 12.0 Å². The number of nitrogens with one attached hydrogen (secondary N) is 1. The molecule has 4 heteroatoms. The average molecular weight is 413 g/mol. The van der Waals surface area contributed by atoms with Crippen molar-refractivity contribution in [2.45, 2.75) is 45.1 Å². The molecule has 1 saturated heterocycles. The summed E-state index contributed by atoms with van der Waals surface area (Å²) in [6, 6.07) is 11.4. The number of benzene rings is 1. The first-order valence-corrected chi connectivity index (χ1v) is 8.38. The number of aliphatic imine (C=N–C) groups is 1. The van der Waals surface area contributed by atoms with Crippen LogP contribution < -0.4 is 5.32 Å². The Bertz CT molecular complexity index is 480. The van der Waals surface area contributed by atoms with Gasteiger partial charge in [-0.3, -0.25) is 4.99 Å². The summed E-state index contributed by atoms with van der Waals surface area (Å²) in [6.07, 6.45) is 3.81. The van der Waals surface area contributed by atoms with E-state index in [-0.39, 0.29) is 24.0 Å². The second kappa shape index (κ2) is 8.18. The van der Waals surface area contributed by atoms with Crippen LogP contribution in [0, 0.1) is 5.92 Å². The first kappa shape index (κ1) is 17.6. The van der Waals surface area contributed by atoms with Gasteiger partial charge in [-0.1, -0.05) is 37.3 Å². The Balaban J connectivity index is 0.00000176. The van der Waals surface area contributed by atoms with Crippen LogP contribution in [0.1, 0.15) is 44.6 Å². The van der Waals surface area contributed by atoms with Crippen molar-refractivity contribution in [3.63, 3.8) is 0 Å². The molecule has 22 heavy (non-hydrogen) atoms. The largest absolute Gasteiger partial charge is 0.353 e. The van der Waals surface area contributed by atoms with Gasteiger partial charge in [-0.2, -0.15) is 0 Å². The molecule has 1 aromatic carbocycles. The molecule has 3 nitrogen and oxygen atoms in total. The minimum absolute atomic E-state index is 0. The zero-order valence-electron chi connectivity index (χ0n) is 13.7. The van der Waals surface area contributed by atoms with Gasteiger partial charge in [-0.15, -0.1) is 24.0 Å². The van der Waals surface area contributed by atoms with Gasteiger partial charge in [0, 0.05) is 31.6 Å². The van der Waals surface area contributed by atoms with E-state index in [2.05, 4.69) is 54.4 Å². The quantitative estimate of drug-likeness (QED) is 0.463. The molecule has 0 spiro atoms. The zero-order valence-corrected chi connectivity index (χ0v) is 16.0. The lowest BCUT2D eigenvalue weighted by molar-refractivity contribution is 0.273. The van der Waals surface area contributed by atoms with Crippen molar-refractivity contribution in [2.75, 3.05) is 19.6 Å². The van der Waals surface area contributed by atoms with E-state index in [4.69, 9.17) is 4.99 Å². The second-order valence-corrected chi connectivity index (χ2v) is 6.47. The molecule has 0 bridgehead atoms. The fraction of sp³-hybridized carbons (Fsp3) is 0.611. The van der Waals surface area contributed by atoms with Gasteiger partial charge in [0.25, 0.3) is 0 Å². The Morgan fingerprint density at radius 1 is 1.23 bits per heavy atom. The topological polar surface area (TPSA) is 27.6 Å². The second-order valence-electron chi connectivity index (χ2n) is 6.47. The molecule has 0 amide bonds. The van der Waals surface area contributed by atoms with Gasteiger partial charge in [-0.25, -0.2) is 0 Å². The van der Waals surface area contributed by atoms with Crippen molar-refractivity contribution in [1.82, 2.24) is 10.2 Å². The van der Waals surface area contributed by atoms with Crippen LogP contribution in [0.4, 0.5) is 0 Å². The first-order chi connectivity index (χ1) is 10.3. The molecule has 1 aliphatic carbocycles. The molecule has 2 unspecified atom stereocenters. The van der Waals surface area contributed by atoms with Gasteiger partial charge < -0.3 is 10.2 Å². The number of rotatable bonds is 3. The summed E-state index contributed by atoms with van der Waals surface area (Å²) in [5.41, 5.74) is 1.46. The Morgan fingerprint density at radius 2 is 1.91 bits per heavy atom. The van der Waals surface area contributed by atoms with Crippen LogP contribution in [0.15, 0.2) is 35.3 Å². The molecular formula is C18H28IN3. The summed E-state index contributed by atoms with van der Waals surface area (Å²) in [5, 5.41) is 3.70. The highest BCUT2D eigenvalue weighted by Gasteiger charge is 2.39. The van der Waals surface area contributed by atoms with Gasteiger partial charge in [0.15, 0.2) is 5.96 Å². The van der Waals surface area contributed by atoms with Gasteiger partial charge in [-0.05, 0) is 37.7 Å². The summed E-state index contributed by atoms with van der Waals surface area (Å²) >= 11 is 0. The van der Waals surface area contributed by atoms with Crippen LogP contribution in [0.5, 0.6) is 0 Å². The van der Waals surface area contributed by atoms with Crippen LogP contribution >= 0.6 is 24.0 Å². The Kier molecular flexibility index (Phi) is 6.53. The lowest BCUT2D eigenvalue weighted by Crippen LogP contribution is -2.46. The van der Waals surface area contributed by atoms with E-state index in [0.717, 1.165) is 31.5 Å². The van der Waals surface area contributed by atoms with Crippen molar-refractivity contribution >= 4 is 29.9 Å². The minimum Gasteiger partial charge on any atom is -0.353 e. The summed E-state index contributed by atoms with van der Waals surface area (Å²) < 4.78 is 0. The molecule has 1 aromatic rings. The fourth-order valence-electron chi connectivity index (χ4n) is 3.20. The van der Waals surface area contributed by atoms with E-state index >= 15 is 0 Å². The molecule has 1 heterocycles. The number of hydrogen-bond donors (Lipinski definition) is 1. The molecule has 0 aromatic heterocycles. The summed E-state index contributed by atoms with van der Waals surface area (Å²) in [4.78, 5) is 7.16. The molecule has 2 fully saturated rings. The van der Waals surface area contributed by atoms with Crippen molar-refractivity contribution in [1.29, 1.82) is 0 Å². The van der Waals surface area contributed by atoms with Gasteiger partial charge in [0.1, 0.15) is 0 Å². The Morgan fingerprint density at radius 3 is 2.55 bits per heavy atom. The highest BCUT2D eigenvalue weighted by Crippen LogP contribution is 2.40. The number of guanidine groups is 1. The fourth-order valence-corrected chi connectivity index (χ4v) is 3.20. The van der Waals surface area contributed by atoms with Crippen LogP contribution in [0.25, 0.3) is 0 Å². The standard InChI is InChI=1S/C18H27N3.HI/c1-3-19-18(21-11-9-14(2)10-12-21)20-17-13-16(17)15-7-5-4-6-8-15;/h4-8,14,16-17H,3,9-13H2,1-2H3,(H,19,20);1H. The van der Waals surface area contributed by atoms with Crippen molar-refractivity contribution in [3.8, 4) is 0 Å². The zero-order chi connectivity index (χ0) is 14.7. The van der Waals surface area contributed by atoms with E-state index in [1.54, 1.807) is 0 Å². The number of piperidine rings is 1. The van der Waals surface area contributed by atoms with E-state index in [9.17, 15) is 0 Å². The van der Waals surface area contributed by atoms with Crippen LogP contribution in [0.2, 0.25) is 0 Å². The molecule has 1 saturated carbocycles. The molecule has 3 rings (SSSR count). The monoisotopic (exact) mass is 413 g/mol. The van der Waals surface area contributed by atoms with E-state index < -0.39 is 0 Å².